The van der Waals surface area contributed by atoms with Crippen LogP contribution in [0.2, 0.25) is 0 Å². The van der Waals surface area contributed by atoms with Gasteiger partial charge in [0.2, 0.25) is 0 Å². The summed E-state index contributed by atoms with van der Waals surface area (Å²) >= 11 is 1.32. The summed E-state index contributed by atoms with van der Waals surface area (Å²) in [7, 11) is 0. The molecule has 0 heterocycles. The normalized spacial score (nSPS) is 15.1. The van der Waals surface area contributed by atoms with Gasteiger partial charge >= 0.3 is 0 Å². The Bertz CT molecular complexity index is 939. The third kappa shape index (κ3) is 4.12. The van der Waals surface area contributed by atoms with Crippen molar-refractivity contribution in [2.45, 2.75) is 24.2 Å². The van der Waals surface area contributed by atoms with E-state index < -0.39 is 11.7 Å². The summed E-state index contributed by atoms with van der Waals surface area (Å²) in [6.07, 6.45) is 0.238. The Morgan fingerprint density at radius 3 is 2.93 bits per heavy atom. The molecule has 0 saturated carbocycles. The largest absolute Gasteiger partial charge is 0.483 e. The number of nitriles is 1. The third-order valence-electron chi connectivity index (χ3n) is 4.23. The number of ether oxygens (including phenoxy) is 1. The van der Waals surface area contributed by atoms with Crippen LogP contribution in [0.15, 0.2) is 41.3 Å². The van der Waals surface area contributed by atoms with Crippen LogP contribution in [0.3, 0.4) is 0 Å². The second kappa shape index (κ2) is 8.23. The molecule has 1 N–H and O–H groups in total. The van der Waals surface area contributed by atoms with E-state index in [0.717, 1.165) is 4.90 Å². The van der Waals surface area contributed by atoms with Crippen LogP contribution in [0.4, 0.5) is 10.1 Å². The van der Waals surface area contributed by atoms with Crippen molar-refractivity contribution in [3.63, 3.8) is 0 Å². The molecule has 7 heteroatoms. The number of thioether (sulfide) groups is 1. The Morgan fingerprint density at radius 2 is 2.15 bits per heavy atom. The Kier molecular flexibility index (Phi) is 5.77. The van der Waals surface area contributed by atoms with Gasteiger partial charge in [0, 0.05) is 16.9 Å². The van der Waals surface area contributed by atoms with Crippen LogP contribution in [0.1, 0.15) is 35.2 Å². The predicted octanol–water partition coefficient (Wildman–Crippen LogP) is 4.15. The highest BCUT2D eigenvalue weighted by molar-refractivity contribution is 7.99. The summed E-state index contributed by atoms with van der Waals surface area (Å²) in [5, 5.41) is 11.5. The van der Waals surface area contributed by atoms with Crippen molar-refractivity contribution in [3.8, 4) is 11.8 Å². The lowest BCUT2D eigenvalue weighted by molar-refractivity contribution is -0.118. The van der Waals surface area contributed by atoms with E-state index in [2.05, 4.69) is 5.32 Å². The third-order valence-corrected chi connectivity index (χ3v) is 5.17. The number of rotatable bonds is 6. The number of hydrogen-bond donors (Lipinski definition) is 1. The maximum Gasteiger partial charge on any atom is 0.262 e. The molecule has 5 nitrogen and oxygen atoms in total. The first-order chi connectivity index (χ1) is 13.0. The monoisotopic (exact) mass is 384 g/mol. The van der Waals surface area contributed by atoms with Crippen LogP contribution in [-0.2, 0) is 4.79 Å². The van der Waals surface area contributed by atoms with Crippen molar-refractivity contribution in [2.24, 2.45) is 0 Å². The van der Waals surface area contributed by atoms with Crippen LogP contribution in [-0.4, -0.2) is 24.1 Å². The van der Waals surface area contributed by atoms with Gasteiger partial charge in [-0.25, -0.2) is 4.39 Å². The molecule has 2 aromatic carbocycles. The molecule has 1 amide bonds. The molecule has 0 saturated heterocycles. The smallest absolute Gasteiger partial charge is 0.262 e. The van der Waals surface area contributed by atoms with E-state index in [9.17, 15) is 14.0 Å². The predicted molar refractivity (Wildman–Crippen MR) is 101 cm³/mol. The zero-order chi connectivity index (χ0) is 19.4. The van der Waals surface area contributed by atoms with Crippen LogP contribution in [0, 0.1) is 17.1 Å². The molecule has 1 aliphatic carbocycles. The summed E-state index contributed by atoms with van der Waals surface area (Å²) in [4.78, 5) is 25.2. The van der Waals surface area contributed by atoms with Crippen molar-refractivity contribution in [1.82, 2.24) is 0 Å². The second-order valence-corrected chi connectivity index (χ2v) is 7.16. The van der Waals surface area contributed by atoms with Gasteiger partial charge in [-0.05, 0) is 30.2 Å². The number of halogens is 1. The lowest BCUT2D eigenvalue weighted by Crippen LogP contribution is -2.21. The molecule has 27 heavy (non-hydrogen) atoms. The number of nitrogens with zero attached hydrogens (tertiary/aromatic N) is 1. The molecule has 1 atom stereocenters. The van der Waals surface area contributed by atoms with E-state index in [4.69, 9.17) is 10.00 Å². The maximum absolute atomic E-state index is 14.0. The summed E-state index contributed by atoms with van der Waals surface area (Å²) in [6, 6.07) is 11.8. The molecule has 2 aromatic rings. The number of carbonyl (C=O) groups is 2. The molecule has 0 unspecified atom stereocenters. The highest BCUT2D eigenvalue weighted by Crippen LogP contribution is 2.39. The first-order valence-electron chi connectivity index (χ1n) is 8.38. The minimum atomic E-state index is -0.427. The average Bonchev–Trinajstić information content (AvgIpc) is 2.96. The highest BCUT2D eigenvalue weighted by Gasteiger charge is 2.32. The molecular weight excluding hydrogens is 367 g/mol. The van der Waals surface area contributed by atoms with Gasteiger partial charge in [0.25, 0.3) is 5.91 Å². The van der Waals surface area contributed by atoms with Crippen LogP contribution < -0.4 is 10.1 Å². The fourth-order valence-corrected chi connectivity index (χ4v) is 3.75. The highest BCUT2D eigenvalue weighted by atomic mass is 32.2. The SMILES string of the molecule is C[C@H]1CC(=O)c2c(OCC(=O)Nc3ccccc3SCC#N)ccc(F)c21. The quantitative estimate of drug-likeness (QED) is 0.757. The summed E-state index contributed by atoms with van der Waals surface area (Å²) in [6.45, 7) is 1.48. The number of nitrogens with one attached hydrogen (secondary N) is 1. The minimum Gasteiger partial charge on any atom is -0.483 e. The Hall–Kier alpha value is -2.85. The van der Waals surface area contributed by atoms with Gasteiger partial charge in [-0.15, -0.1) is 11.8 Å². The molecule has 0 aromatic heterocycles. The molecule has 138 valence electrons. The molecule has 0 spiro atoms. The van der Waals surface area contributed by atoms with Gasteiger partial charge in [0.15, 0.2) is 12.4 Å². The topological polar surface area (TPSA) is 79.2 Å². The fourth-order valence-electron chi connectivity index (χ4n) is 3.08. The average molecular weight is 384 g/mol. The number of Topliss-reactive ketones (excluding diaryl/α,β-unsaturated/α-hetero) is 1. The number of fused-ring (bicyclic) bond motifs is 1. The molecule has 0 fully saturated rings. The van der Waals surface area contributed by atoms with E-state index in [1.807, 2.05) is 18.2 Å². The number of anilines is 1. The van der Waals surface area contributed by atoms with Crippen LogP contribution in [0.5, 0.6) is 5.75 Å². The van der Waals surface area contributed by atoms with Crippen molar-refractivity contribution in [3.05, 3.63) is 53.3 Å². The van der Waals surface area contributed by atoms with E-state index in [1.165, 1.54) is 23.9 Å². The lowest BCUT2D eigenvalue weighted by atomic mass is 10.0. The Labute approximate surface area is 160 Å². The summed E-state index contributed by atoms with van der Waals surface area (Å²) in [5.74, 6) is -0.714. The fraction of sp³-hybridized carbons (Fsp3) is 0.250. The van der Waals surface area contributed by atoms with E-state index >= 15 is 0 Å². The summed E-state index contributed by atoms with van der Waals surface area (Å²) in [5.41, 5.74) is 1.18. The second-order valence-electron chi connectivity index (χ2n) is 6.14. The molecular formula is C20H17FN2O3S. The van der Waals surface area contributed by atoms with Gasteiger partial charge in [0.05, 0.1) is 23.1 Å². The van der Waals surface area contributed by atoms with Gasteiger partial charge < -0.3 is 10.1 Å². The molecule has 3 rings (SSSR count). The molecule has 0 bridgehead atoms. The zero-order valence-corrected chi connectivity index (χ0v) is 15.4. The van der Waals surface area contributed by atoms with Gasteiger partial charge in [-0.3, -0.25) is 9.59 Å². The molecule has 0 aliphatic heterocycles. The number of amides is 1. The van der Waals surface area contributed by atoms with Gasteiger partial charge in [-0.1, -0.05) is 19.1 Å². The number of ketones is 1. The number of benzene rings is 2. The van der Waals surface area contributed by atoms with Crippen molar-refractivity contribution in [1.29, 1.82) is 5.26 Å². The van der Waals surface area contributed by atoms with Crippen LogP contribution in [0.25, 0.3) is 0 Å². The first kappa shape index (κ1) is 18.9. The van der Waals surface area contributed by atoms with Crippen molar-refractivity contribution < 1.29 is 18.7 Å². The van der Waals surface area contributed by atoms with E-state index in [-0.39, 0.29) is 41.8 Å². The minimum absolute atomic E-state index is 0.175. The first-order valence-corrected chi connectivity index (χ1v) is 9.37. The van der Waals surface area contributed by atoms with Gasteiger partial charge in [0.1, 0.15) is 11.6 Å². The standard InChI is InChI=1S/C20H17FN2O3S/c1-12-10-15(24)20-16(7-6-13(21)19(12)20)26-11-18(25)23-14-4-2-3-5-17(14)27-9-8-22/h2-7,12H,9-11H2,1H3,(H,23,25)/t12-/m0/s1. The summed E-state index contributed by atoms with van der Waals surface area (Å²) < 4.78 is 19.5. The Balaban J connectivity index is 1.70. The number of hydrogen-bond acceptors (Lipinski definition) is 5. The maximum atomic E-state index is 14.0. The number of para-hydroxylation sites is 1. The van der Waals surface area contributed by atoms with E-state index in [0.29, 0.717) is 11.3 Å². The molecule has 0 radical (unpaired) electrons. The Morgan fingerprint density at radius 1 is 1.37 bits per heavy atom. The number of carbonyl (C=O) groups excluding carboxylic acids is 2. The zero-order valence-electron chi connectivity index (χ0n) is 14.6. The lowest BCUT2D eigenvalue weighted by Gasteiger charge is -2.13. The molecule has 1 aliphatic rings. The van der Waals surface area contributed by atoms with Gasteiger partial charge in [-0.2, -0.15) is 5.26 Å². The van der Waals surface area contributed by atoms with Crippen molar-refractivity contribution >= 4 is 29.1 Å². The van der Waals surface area contributed by atoms with Crippen LogP contribution >= 0.6 is 11.8 Å². The van der Waals surface area contributed by atoms with Crippen molar-refractivity contribution in [2.75, 3.05) is 17.7 Å². The van der Waals surface area contributed by atoms with E-state index in [1.54, 1.807) is 19.1 Å².